The van der Waals surface area contributed by atoms with Gasteiger partial charge in [0.2, 0.25) is 0 Å². The Morgan fingerprint density at radius 3 is 2.14 bits per heavy atom. The molecular weight excluding hydrogens is 342 g/mol. The summed E-state index contributed by atoms with van der Waals surface area (Å²) in [7, 11) is 0. The molecule has 1 aromatic heterocycles. The summed E-state index contributed by atoms with van der Waals surface area (Å²) in [5, 5.41) is 0. The number of benzene rings is 1. The maximum Gasteiger partial charge on any atom is 0.119 e. The van der Waals surface area contributed by atoms with Crippen molar-refractivity contribution < 1.29 is 4.74 Å². The van der Waals surface area contributed by atoms with Gasteiger partial charge in [-0.05, 0) is 61.1 Å². The van der Waals surface area contributed by atoms with Crippen molar-refractivity contribution in [1.82, 2.24) is 4.98 Å². The summed E-state index contributed by atoms with van der Waals surface area (Å²) in [6, 6.07) is 12.2. The zero-order chi connectivity index (χ0) is 19.9. The molecule has 0 aliphatic rings. The fourth-order valence-corrected chi connectivity index (χ4v) is 3.07. The highest BCUT2D eigenvalue weighted by atomic mass is 16.5. The van der Waals surface area contributed by atoms with Gasteiger partial charge >= 0.3 is 0 Å². The first-order chi connectivity index (χ1) is 13.8. The van der Waals surface area contributed by atoms with Crippen LogP contribution in [0, 0.1) is 11.8 Å². The molecule has 1 heterocycles. The van der Waals surface area contributed by atoms with Gasteiger partial charge in [0.25, 0.3) is 0 Å². The number of rotatable bonds is 12. The largest absolute Gasteiger partial charge is 0.494 e. The second kappa shape index (κ2) is 13.8. The highest BCUT2D eigenvalue weighted by Crippen LogP contribution is 2.13. The van der Waals surface area contributed by atoms with E-state index in [1.807, 2.05) is 36.5 Å². The van der Waals surface area contributed by atoms with Crippen LogP contribution in [0.25, 0.3) is 0 Å². The molecule has 0 aliphatic heterocycles. The number of hydrogen-bond donors (Lipinski definition) is 0. The van der Waals surface area contributed by atoms with Crippen LogP contribution in [0.5, 0.6) is 5.75 Å². The molecule has 2 rings (SSSR count). The van der Waals surface area contributed by atoms with Gasteiger partial charge in [0.1, 0.15) is 11.4 Å². The molecule has 150 valence electrons. The normalized spacial score (nSPS) is 10.4. The van der Waals surface area contributed by atoms with Crippen molar-refractivity contribution in [1.29, 1.82) is 0 Å². The van der Waals surface area contributed by atoms with Crippen molar-refractivity contribution in [3.8, 4) is 17.6 Å². The topological polar surface area (TPSA) is 22.1 Å². The highest BCUT2D eigenvalue weighted by molar-refractivity contribution is 5.42. The average Bonchev–Trinajstić information content (AvgIpc) is 2.74. The monoisotopic (exact) mass is 377 g/mol. The first kappa shape index (κ1) is 22.0. The lowest BCUT2D eigenvalue weighted by Gasteiger charge is -2.05. The van der Waals surface area contributed by atoms with Crippen molar-refractivity contribution in [2.45, 2.75) is 78.1 Å². The quantitative estimate of drug-likeness (QED) is 0.295. The van der Waals surface area contributed by atoms with Crippen molar-refractivity contribution in [2.24, 2.45) is 0 Å². The number of hydrogen-bond acceptors (Lipinski definition) is 2. The minimum absolute atomic E-state index is 0.792. The number of pyridine rings is 1. The van der Waals surface area contributed by atoms with E-state index < -0.39 is 0 Å². The maximum absolute atomic E-state index is 5.78. The van der Waals surface area contributed by atoms with Crippen molar-refractivity contribution >= 4 is 0 Å². The summed E-state index contributed by atoms with van der Waals surface area (Å²) in [6.07, 6.45) is 14.5. The number of unbranched alkanes of at least 4 members (excludes halogenated alkanes) is 7. The van der Waals surface area contributed by atoms with Gasteiger partial charge in [-0.3, -0.25) is 0 Å². The smallest absolute Gasteiger partial charge is 0.119 e. The minimum Gasteiger partial charge on any atom is -0.494 e. The molecule has 0 spiro atoms. The second-order valence-corrected chi connectivity index (χ2v) is 7.40. The molecule has 0 radical (unpaired) electrons. The van der Waals surface area contributed by atoms with Gasteiger partial charge in [-0.25, -0.2) is 4.98 Å². The number of aryl methyl sites for hydroxylation is 1. The van der Waals surface area contributed by atoms with Crippen LogP contribution < -0.4 is 4.74 Å². The van der Waals surface area contributed by atoms with Crippen LogP contribution in [0.1, 0.15) is 88.5 Å². The maximum atomic E-state index is 5.78. The van der Waals surface area contributed by atoms with Crippen molar-refractivity contribution in [3.63, 3.8) is 0 Å². The summed E-state index contributed by atoms with van der Waals surface area (Å²) in [5.41, 5.74) is 3.12. The highest BCUT2D eigenvalue weighted by Gasteiger charge is 1.97. The molecule has 0 bridgehead atoms. The van der Waals surface area contributed by atoms with Crippen molar-refractivity contribution in [3.05, 3.63) is 59.4 Å². The van der Waals surface area contributed by atoms with E-state index in [0.29, 0.717) is 0 Å². The zero-order valence-electron chi connectivity index (χ0n) is 17.7. The number of nitrogens with zero attached hydrogens (tertiary/aromatic N) is 1. The SMILES string of the molecule is CCCCCCCc1ccc(C#Cc2ccc(OCCCCCC)cc2)nc1. The second-order valence-electron chi connectivity index (χ2n) is 7.40. The Morgan fingerprint density at radius 2 is 1.46 bits per heavy atom. The van der Waals surface area contributed by atoms with Gasteiger partial charge in [-0.1, -0.05) is 70.8 Å². The molecule has 0 aliphatic carbocycles. The van der Waals surface area contributed by atoms with E-state index in [1.165, 1.54) is 56.9 Å². The zero-order valence-corrected chi connectivity index (χ0v) is 17.7. The summed E-state index contributed by atoms with van der Waals surface area (Å²) >= 11 is 0. The number of aromatic nitrogens is 1. The molecule has 0 unspecified atom stereocenters. The number of ether oxygens (including phenoxy) is 1. The molecule has 0 saturated carbocycles. The fraction of sp³-hybridized carbons (Fsp3) is 0.500. The molecule has 0 N–H and O–H groups in total. The Balaban J connectivity index is 1.76. The van der Waals surface area contributed by atoms with E-state index in [2.05, 4.69) is 36.7 Å². The van der Waals surface area contributed by atoms with E-state index in [-0.39, 0.29) is 0 Å². The predicted molar refractivity (Wildman–Crippen MR) is 119 cm³/mol. The average molecular weight is 378 g/mol. The molecule has 0 fully saturated rings. The summed E-state index contributed by atoms with van der Waals surface area (Å²) in [6.45, 7) is 5.27. The van der Waals surface area contributed by atoms with Gasteiger partial charge in [-0.2, -0.15) is 0 Å². The van der Waals surface area contributed by atoms with Crippen LogP contribution in [-0.4, -0.2) is 11.6 Å². The molecular formula is C26H35NO. The Hall–Kier alpha value is -2.27. The molecule has 28 heavy (non-hydrogen) atoms. The first-order valence-electron chi connectivity index (χ1n) is 11.0. The Labute approximate surface area is 171 Å². The first-order valence-corrected chi connectivity index (χ1v) is 11.0. The van der Waals surface area contributed by atoms with E-state index in [1.54, 1.807) is 0 Å². The van der Waals surface area contributed by atoms with E-state index in [4.69, 9.17) is 4.74 Å². The van der Waals surface area contributed by atoms with Crippen LogP contribution in [0.15, 0.2) is 42.6 Å². The predicted octanol–water partition coefficient (Wildman–Crippen LogP) is 6.95. The van der Waals surface area contributed by atoms with Crippen molar-refractivity contribution in [2.75, 3.05) is 6.61 Å². The van der Waals surface area contributed by atoms with Crippen LogP contribution in [0.3, 0.4) is 0 Å². The Bertz CT molecular complexity index is 645. The third-order valence-corrected chi connectivity index (χ3v) is 4.85. The van der Waals surface area contributed by atoms with Gasteiger partial charge in [-0.15, -0.1) is 0 Å². The molecule has 2 nitrogen and oxygen atoms in total. The minimum atomic E-state index is 0.792. The summed E-state index contributed by atoms with van der Waals surface area (Å²) in [4.78, 5) is 4.49. The van der Waals surface area contributed by atoms with Gasteiger partial charge in [0.15, 0.2) is 0 Å². The lowest BCUT2D eigenvalue weighted by molar-refractivity contribution is 0.305. The third kappa shape index (κ3) is 9.09. The van der Waals surface area contributed by atoms with Gasteiger partial charge in [0, 0.05) is 11.8 Å². The Kier molecular flexibility index (Phi) is 10.9. The van der Waals surface area contributed by atoms with Crippen LogP contribution in [-0.2, 0) is 6.42 Å². The molecule has 0 saturated heterocycles. The van der Waals surface area contributed by atoms with E-state index in [0.717, 1.165) is 36.5 Å². The van der Waals surface area contributed by atoms with Crippen LogP contribution in [0.4, 0.5) is 0 Å². The lowest BCUT2D eigenvalue weighted by Crippen LogP contribution is -1.96. The fourth-order valence-electron chi connectivity index (χ4n) is 3.07. The molecule has 0 atom stereocenters. The summed E-state index contributed by atoms with van der Waals surface area (Å²) < 4.78 is 5.78. The lowest BCUT2D eigenvalue weighted by atomic mass is 10.1. The van der Waals surface area contributed by atoms with Gasteiger partial charge in [0.05, 0.1) is 6.61 Å². The molecule has 2 aromatic rings. The molecule has 0 amide bonds. The summed E-state index contributed by atoms with van der Waals surface area (Å²) in [5.74, 6) is 7.27. The molecule has 1 aromatic carbocycles. The van der Waals surface area contributed by atoms with E-state index in [9.17, 15) is 0 Å². The Morgan fingerprint density at radius 1 is 0.750 bits per heavy atom. The van der Waals surface area contributed by atoms with Crippen LogP contribution in [0.2, 0.25) is 0 Å². The molecule has 2 heteroatoms. The third-order valence-electron chi connectivity index (χ3n) is 4.85. The standard InChI is InChI=1S/C26H35NO/c1-3-5-7-9-10-12-24-14-18-25(27-22-24)17-13-23-15-19-26(20-16-23)28-21-11-8-6-4-2/h14-16,18-20,22H,3-12,21H2,1-2H3. The van der Waals surface area contributed by atoms with Crippen LogP contribution >= 0.6 is 0 Å². The van der Waals surface area contributed by atoms with E-state index >= 15 is 0 Å². The van der Waals surface area contributed by atoms with Gasteiger partial charge < -0.3 is 4.74 Å².